The minimum atomic E-state index is -0.473. The molecule has 1 aliphatic heterocycles. The van der Waals surface area contributed by atoms with Crippen LogP contribution in [0, 0.1) is 5.92 Å². The van der Waals surface area contributed by atoms with E-state index < -0.39 is 12.1 Å². The summed E-state index contributed by atoms with van der Waals surface area (Å²) in [7, 11) is 1.35. The molecule has 5 nitrogen and oxygen atoms in total. The SMILES string of the molecule is COC(=O)N1c2ccccc2[C@@]2(C)[C@@H]1C(=O)[C@@H]2CCCOCc1ccccc1. The van der Waals surface area contributed by atoms with Crippen LogP contribution in [0.15, 0.2) is 54.6 Å². The summed E-state index contributed by atoms with van der Waals surface area (Å²) in [5.41, 5.74) is 2.63. The summed E-state index contributed by atoms with van der Waals surface area (Å²) in [6, 6.07) is 17.4. The number of hydrogen-bond donors (Lipinski definition) is 0. The Morgan fingerprint density at radius 1 is 1.11 bits per heavy atom. The first kappa shape index (κ1) is 18.7. The molecule has 5 heteroatoms. The molecule has 0 saturated heterocycles. The number of carbonyl (C=O) groups is 2. The first-order valence-electron chi connectivity index (χ1n) is 9.71. The van der Waals surface area contributed by atoms with Crippen molar-refractivity contribution in [2.75, 3.05) is 18.6 Å². The highest BCUT2D eigenvalue weighted by Crippen LogP contribution is 2.58. The number of rotatable bonds is 6. The van der Waals surface area contributed by atoms with Crippen molar-refractivity contribution in [2.24, 2.45) is 5.92 Å². The summed E-state index contributed by atoms with van der Waals surface area (Å²) in [5.74, 6) is 0.0146. The number of carbonyl (C=O) groups excluding carboxylic acids is 2. The molecule has 0 bridgehead atoms. The van der Waals surface area contributed by atoms with Crippen molar-refractivity contribution in [2.45, 2.75) is 37.8 Å². The van der Waals surface area contributed by atoms with E-state index >= 15 is 0 Å². The lowest BCUT2D eigenvalue weighted by Crippen LogP contribution is -2.67. The molecule has 1 fully saturated rings. The lowest BCUT2D eigenvalue weighted by atomic mass is 9.54. The molecule has 1 saturated carbocycles. The monoisotopic (exact) mass is 379 g/mol. The Morgan fingerprint density at radius 3 is 2.57 bits per heavy atom. The van der Waals surface area contributed by atoms with Gasteiger partial charge < -0.3 is 9.47 Å². The van der Waals surface area contributed by atoms with E-state index in [-0.39, 0.29) is 17.1 Å². The Balaban J connectivity index is 1.42. The molecule has 2 aromatic rings. The number of ether oxygens (including phenoxy) is 2. The largest absolute Gasteiger partial charge is 0.452 e. The maximum atomic E-state index is 12.9. The van der Waals surface area contributed by atoms with Crippen molar-refractivity contribution in [1.29, 1.82) is 0 Å². The highest BCUT2D eigenvalue weighted by molar-refractivity contribution is 6.10. The third-order valence-corrected chi connectivity index (χ3v) is 6.17. The summed E-state index contributed by atoms with van der Waals surface area (Å²) < 4.78 is 10.7. The van der Waals surface area contributed by atoms with Gasteiger partial charge in [-0.3, -0.25) is 9.69 Å². The number of fused-ring (bicyclic) bond motifs is 3. The summed E-state index contributed by atoms with van der Waals surface area (Å²) >= 11 is 0. The molecule has 0 spiro atoms. The second-order valence-electron chi connectivity index (χ2n) is 7.68. The molecule has 146 valence electrons. The Labute approximate surface area is 165 Å². The Morgan fingerprint density at radius 2 is 1.82 bits per heavy atom. The standard InChI is InChI=1S/C23H25NO4/c1-23-17-11-6-7-13-19(17)24(22(26)27-2)21(23)20(25)18(23)12-8-14-28-15-16-9-4-3-5-10-16/h3-7,9-11,13,18,21H,8,12,14-15H2,1-2H3/t18-,21-,23+/m0/s1. The van der Waals surface area contributed by atoms with Crippen molar-refractivity contribution in [3.8, 4) is 0 Å². The fraction of sp³-hybridized carbons (Fsp3) is 0.391. The molecule has 0 unspecified atom stereocenters. The van der Waals surface area contributed by atoms with E-state index in [1.807, 2.05) is 54.6 Å². The Bertz CT molecular complexity index is 881. The number of hydrogen-bond acceptors (Lipinski definition) is 4. The van der Waals surface area contributed by atoms with Crippen molar-refractivity contribution < 1.29 is 19.1 Å². The van der Waals surface area contributed by atoms with Gasteiger partial charge in [0.15, 0.2) is 5.78 Å². The lowest BCUT2D eigenvalue weighted by molar-refractivity contribution is -0.138. The van der Waals surface area contributed by atoms with Gasteiger partial charge >= 0.3 is 6.09 Å². The fourth-order valence-electron chi connectivity index (χ4n) is 4.78. The highest BCUT2D eigenvalue weighted by atomic mass is 16.5. The molecular formula is C23H25NO4. The van der Waals surface area contributed by atoms with E-state index in [0.29, 0.717) is 13.2 Å². The number of Topliss-reactive ketones (excluding diaryl/α,β-unsaturated/α-hetero) is 1. The molecule has 2 aromatic carbocycles. The molecule has 4 rings (SSSR count). The molecule has 1 aliphatic carbocycles. The first-order valence-corrected chi connectivity index (χ1v) is 9.71. The molecule has 3 atom stereocenters. The van der Waals surface area contributed by atoms with Gasteiger partial charge in [-0.2, -0.15) is 0 Å². The van der Waals surface area contributed by atoms with E-state index in [4.69, 9.17) is 9.47 Å². The zero-order valence-corrected chi connectivity index (χ0v) is 16.3. The molecule has 1 amide bonds. The maximum absolute atomic E-state index is 12.9. The van der Waals surface area contributed by atoms with Crippen LogP contribution in [0.3, 0.4) is 0 Å². The number of anilines is 1. The second kappa shape index (κ2) is 7.40. The van der Waals surface area contributed by atoms with Gasteiger partial charge in [-0.25, -0.2) is 4.79 Å². The van der Waals surface area contributed by atoms with Crippen LogP contribution in [0.5, 0.6) is 0 Å². The summed E-state index contributed by atoms with van der Waals surface area (Å²) in [6.45, 7) is 3.29. The number of benzene rings is 2. The van der Waals surface area contributed by atoms with Crippen LogP contribution in [-0.4, -0.2) is 31.6 Å². The molecule has 0 N–H and O–H groups in total. The molecule has 1 heterocycles. The topological polar surface area (TPSA) is 55.8 Å². The Hall–Kier alpha value is -2.66. The average Bonchev–Trinajstić information content (AvgIpc) is 2.97. The van der Waals surface area contributed by atoms with E-state index in [1.165, 1.54) is 12.0 Å². The molecule has 0 radical (unpaired) electrons. The predicted molar refractivity (Wildman–Crippen MR) is 106 cm³/mol. The first-order chi connectivity index (χ1) is 13.6. The van der Waals surface area contributed by atoms with Gasteiger partial charge in [0, 0.05) is 17.9 Å². The summed E-state index contributed by atoms with van der Waals surface area (Å²) in [6.07, 6.45) is 1.09. The number of nitrogens with zero attached hydrogens (tertiary/aromatic N) is 1. The van der Waals surface area contributed by atoms with Crippen LogP contribution < -0.4 is 4.90 Å². The number of para-hydroxylation sites is 1. The van der Waals surface area contributed by atoms with Gasteiger partial charge in [0.1, 0.15) is 6.04 Å². The van der Waals surface area contributed by atoms with Crippen LogP contribution in [0.1, 0.15) is 30.9 Å². The van der Waals surface area contributed by atoms with E-state index in [2.05, 4.69) is 6.92 Å². The minimum Gasteiger partial charge on any atom is -0.452 e. The smallest absolute Gasteiger partial charge is 0.414 e. The van der Waals surface area contributed by atoms with Crippen LogP contribution in [0.2, 0.25) is 0 Å². The van der Waals surface area contributed by atoms with E-state index in [0.717, 1.165) is 29.7 Å². The average molecular weight is 379 g/mol. The quantitative estimate of drug-likeness (QED) is 0.709. The van der Waals surface area contributed by atoms with Crippen molar-refractivity contribution in [3.63, 3.8) is 0 Å². The summed E-state index contributed by atoms with van der Waals surface area (Å²) in [4.78, 5) is 26.8. The van der Waals surface area contributed by atoms with E-state index in [9.17, 15) is 9.59 Å². The van der Waals surface area contributed by atoms with Crippen LogP contribution in [0.4, 0.5) is 10.5 Å². The third kappa shape index (κ3) is 2.81. The minimum absolute atomic E-state index is 0.103. The molecular weight excluding hydrogens is 354 g/mol. The number of ketones is 1. The second-order valence-corrected chi connectivity index (χ2v) is 7.68. The van der Waals surface area contributed by atoms with Gasteiger partial charge in [0.05, 0.1) is 19.4 Å². The molecule has 0 aromatic heterocycles. The van der Waals surface area contributed by atoms with Gasteiger partial charge in [-0.05, 0) is 30.0 Å². The summed E-state index contributed by atoms with van der Waals surface area (Å²) in [5, 5.41) is 0. The van der Waals surface area contributed by atoms with Crippen molar-refractivity contribution in [3.05, 3.63) is 65.7 Å². The van der Waals surface area contributed by atoms with Gasteiger partial charge in [-0.1, -0.05) is 55.5 Å². The van der Waals surface area contributed by atoms with Crippen molar-refractivity contribution >= 4 is 17.6 Å². The van der Waals surface area contributed by atoms with Crippen molar-refractivity contribution in [1.82, 2.24) is 0 Å². The van der Waals surface area contributed by atoms with Crippen LogP contribution in [0.25, 0.3) is 0 Å². The predicted octanol–water partition coefficient (Wildman–Crippen LogP) is 4.10. The van der Waals surface area contributed by atoms with Crippen LogP contribution >= 0.6 is 0 Å². The van der Waals surface area contributed by atoms with Crippen LogP contribution in [-0.2, 0) is 26.3 Å². The maximum Gasteiger partial charge on any atom is 0.414 e. The lowest BCUT2D eigenvalue weighted by Gasteiger charge is -2.50. The third-order valence-electron chi connectivity index (χ3n) is 6.17. The molecule has 2 aliphatic rings. The zero-order valence-electron chi connectivity index (χ0n) is 16.3. The number of methoxy groups -OCH3 is 1. The Kier molecular flexibility index (Phi) is 4.94. The van der Waals surface area contributed by atoms with E-state index in [1.54, 1.807) is 0 Å². The van der Waals surface area contributed by atoms with Gasteiger partial charge in [0.2, 0.25) is 0 Å². The zero-order chi connectivity index (χ0) is 19.7. The highest BCUT2D eigenvalue weighted by Gasteiger charge is 2.67. The fourth-order valence-corrected chi connectivity index (χ4v) is 4.78. The number of amides is 1. The van der Waals surface area contributed by atoms with Gasteiger partial charge in [-0.15, -0.1) is 0 Å². The van der Waals surface area contributed by atoms with Gasteiger partial charge in [0.25, 0.3) is 0 Å². The normalized spacial score (nSPS) is 25.1. The molecule has 28 heavy (non-hydrogen) atoms.